The first-order valence-electron chi connectivity index (χ1n) is 2.38. The molecular weight excluding hydrogens is 106 g/mol. The molecule has 40 valence electrons. The van der Waals surface area contributed by atoms with Gasteiger partial charge in [-0.3, -0.25) is 0 Å². The van der Waals surface area contributed by atoms with Crippen molar-refractivity contribution in [3.05, 3.63) is 11.8 Å². The Hall–Kier alpha value is -0.110. The summed E-state index contributed by atoms with van der Waals surface area (Å²) in [5.41, 5.74) is 1.44. The third-order valence-electron chi connectivity index (χ3n) is 1.17. The Labute approximate surface area is 48.3 Å². The lowest BCUT2D eigenvalue weighted by atomic mass is 10.2. The molecule has 1 N–H and O–H groups in total. The van der Waals surface area contributed by atoms with Crippen molar-refractivity contribution in [2.24, 2.45) is 0 Å². The molecule has 1 unspecified atom stereocenters. The minimum atomic E-state index is 0.681. The van der Waals surface area contributed by atoms with Crippen LogP contribution in [-0.2, 0) is 0 Å². The van der Waals surface area contributed by atoms with E-state index in [4.69, 9.17) is 0 Å². The Morgan fingerprint density at radius 3 is 2.71 bits per heavy atom. The predicted octanol–water partition coefficient (Wildman–Crippen LogP) is 1.53. The largest absolute Gasteiger partial charge is 0.336 e. The smallest absolute Gasteiger partial charge is 0.0441 e. The van der Waals surface area contributed by atoms with E-state index in [0.717, 1.165) is 0 Å². The van der Waals surface area contributed by atoms with Gasteiger partial charge in [0, 0.05) is 11.4 Å². The molecule has 1 aliphatic rings. The van der Waals surface area contributed by atoms with Crippen LogP contribution >= 0.6 is 11.9 Å². The van der Waals surface area contributed by atoms with Crippen LogP contribution in [0.2, 0.25) is 0 Å². The van der Waals surface area contributed by atoms with E-state index in [1.165, 1.54) is 5.57 Å². The fraction of sp³-hybridized carbons (Fsp3) is 0.600. The summed E-state index contributed by atoms with van der Waals surface area (Å²) in [6.45, 7) is 4.33. The SMILES string of the molecule is CC1=CNSC1C. The van der Waals surface area contributed by atoms with Crippen molar-refractivity contribution in [3.8, 4) is 0 Å². The van der Waals surface area contributed by atoms with E-state index in [-0.39, 0.29) is 0 Å². The first-order chi connectivity index (χ1) is 3.30. The summed E-state index contributed by atoms with van der Waals surface area (Å²) in [5, 5.41) is 0.681. The molecule has 2 heteroatoms. The maximum atomic E-state index is 3.08. The van der Waals surface area contributed by atoms with Crippen LogP contribution in [0.15, 0.2) is 11.8 Å². The molecule has 0 bridgehead atoms. The Kier molecular flexibility index (Phi) is 1.28. The summed E-state index contributed by atoms with van der Waals surface area (Å²) in [6.07, 6.45) is 2.05. The van der Waals surface area contributed by atoms with Gasteiger partial charge in [0.05, 0.1) is 0 Å². The normalized spacial score (nSPS) is 29.4. The van der Waals surface area contributed by atoms with Crippen LogP contribution < -0.4 is 4.72 Å². The van der Waals surface area contributed by atoms with Gasteiger partial charge in [0.25, 0.3) is 0 Å². The lowest BCUT2D eigenvalue weighted by Crippen LogP contribution is -1.91. The summed E-state index contributed by atoms with van der Waals surface area (Å²) < 4.78 is 3.08. The third kappa shape index (κ3) is 0.911. The van der Waals surface area contributed by atoms with E-state index in [2.05, 4.69) is 24.8 Å². The Morgan fingerprint density at radius 1 is 1.86 bits per heavy atom. The molecule has 0 radical (unpaired) electrons. The van der Waals surface area contributed by atoms with Crippen molar-refractivity contribution in [1.29, 1.82) is 0 Å². The quantitative estimate of drug-likeness (QED) is 0.480. The molecule has 7 heavy (non-hydrogen) atoms. The summed E-state index contributed by atoms with van der Waals surface area (Å²) in [6, 6.07) is 0. The van der Waals surface area contributed by atoms with Crippen LogP contribution in [0.25, 0.3) is 0 Å². The zero-order valence-electron chi connectivity index (χ0n) is 4.56. The lowest BCUT2D eigenvalue weighted by molar-refractivity contribution is 1.14. The van der Waals surface area contributed by atoms with Gasteiger partial charge >= 0.3 is 0 Å². The third-order valence-corrected chi connectivity index (χ3v) is 2.15. The molecule has 0 saturated heterocycles. The van der Waals surface area contributed by atoms with Crippen LogP contribution in [-0.4, -0.2) is 5.25 Å². The monoisotopic (exact) mass is 115 g/mol. The highest BCUT2D eigenvalue weighted by atomic mass is 32.2. The molecule has 1 heterocycles. The standard InChI is InChI=1S/C5H9NS/c1-4-3-6-7-5(4)2/h3,5-6H,1-2H3. The first kappa shape index (κ1) is 5.04. The summed E-state index contributed by atoms with van der Waals surface area (Å²) in [7, 11) is 0. The molecule has 0 amide bonds. The van der Waals surface area contributed by atoms with Gasteiger partial charge in [-0.2, -0.15) is 0 Å². The van der Waals surface area contributed by atoms with Crippen LogP contribution in [0.1, 0.15) is 13.8 Å². The average molecular weight is 115 g/mol. The van der Waals surface area contributed by atoms with Crippen molar-refractivity contribution in [2.45, 2.75) is 19.1 Å². The highest BCUT2D eigenvalue weighted by Gasteiger charge is 2.08. The van der Waals surface area contributed by atoms with Gasteiger partial charge in [0.1, 0.15) is 0 Å². The van der Waals surface area contributed by atoms with Crippen molar-refractivity contribution in [3.63, 3.8) is 0 Å². The first-order valence-corrected chi connectivity index (χ1v) is 3.26. The minimum Gasteiger partial charge on any atom is -0.336 e. The number of hydrogen-bond acceptors (Lipinski definition) is 2. The second-order valence-electron chi connectivity index (χ2n) is 1.77. The maximum absolute atomic E-state index is 3.08. The van der Waals surface area contributed by atoms with Gasteiger partial charge in [-0.05, 0) is 31.4 Å². The van der Waals surface area contributed by atoms with Gasteiger partial charge < -0.3 is 4.72 Å². The molecule has 1 rings (SSSR count). The number of rotatable bonds is 0. The molecule has 0 spiro atoms. The number of hydrogen-bond donors (Lipinski definition) is 1. The van der Waals surface area contributed by atoms with Crippen LogP contribution in [0, 0.1) is 0 Å². The molecule has 0 aromatic rings. The van der Waals surface area contributed by atoms with Crippen molar-refractivity contribution < 1.29 is 0 Å². The Bertz CT molecular complexity index is 98.3. The van der Waals surface area contributed by atoms with E-state index in [0.29, 0.717) is 5.25 Å². The van der Waals surface area contributed by atoms with Crippen LogP contribution in [0.3, 0.4) is 0 Å². The Morgan fingerprint density at radius 2 is 2.57 bits per heavy atom. The van der Waals surface area contributed by atoms with Gasteiger partial charge in [-0.15, -0.1) is 0 Å². The summed E-state index contributed by atoms with van der Waals surface area (Å²) in [4.78, 5) is 0. The fourth-order valence-electron chi connectivity index (χ4n) is 0.439. The second kappa shape index (κ2) is 1.78. The maximum Gasteiger partial charge on any atom is 0.0441 e. The van der Waals surface area contributed by atoms with Gasteiger partial charge in [0.15, 0.2) is 0 Å². The summed E-state index contributed by atoms with van der Waals surface area (Å²) in [5.74, 6) is 0. The van der Waals surface area contributed by atoms with Crippen molar-refractivity contribution in [2.75, 3.05) is 0 Å². The number of nitrogens with one attached hydrogen (secondary N) is 1. The highest BCUT2D eigenvalue weighted by Crippen LogP contribution is 2.20. The highest BCUT2D eigenvalue weighted by molar-refractivity contribution is 7.98. The lowest BCUT2D eigenvalue weighted by Gasteiger charge is -1.96. The zero-order chi connectivity index (χ0) is 5.28. The second-order valence-corrected chi connectivity index (χ2v) is 2.94. The van der Waals surface area contributed by atoms with E-state index >= 15 is 0 Å². The zero-order valence-corrected chi connectivity index (χ0v) is 5.38. The van der Waals surface area contributed by atoms with Crippen LogP contribution in [0.4, 0.5) is 0 Å². The predicted molar refractivity (Wildman–Crippen MR) is 33.9 cm³/mol. The van der Waals surface area contributed by atoms with E-state index in [9.17, 15) is 0 Å². The van der Waals surface area contributed by atoms with Gasteiger partial charge in [-0.1, -0.05) is 0 Å². The van der Waals surface area contributed by atoms with Crippen LogP contribution in [0.5, 0.6) is 0 Å². The van der Waals surface area contributed by atoms with Crippen molar-refractivity contribution >= 4 is 11.9 Å². The fourth-order valence-corrected chi connectivity index (χ4v) is 1.15. The van der Waals surface area contributed by atoms with Gasteiger partial charge in [0.2, 0.25) is 0 Å². The molecule has 0 saturated carbocycles. The van der Waals surface area contributed by atoms with E-state index in [1.54, 1.807) is 11.9 Å². The molecular formula is C5H9NS. The molecule has 1 nitrogen and oxygen atoms in total. The van der Waals surface area contributed by atoms with E-state index in [1.807, 2.05) is 0 Å². The van der Waals surface area contributed by atoms with Gasteiger partial charge in [-0.25, -0.2) is 0 Å². The molecule has 1 aliphatic heterocycles. The Balaban J connectivity index is 2.54. The van der Waals surface area contributed by atoms with E-state index < -0.39 is 0 Å². The average Bonchev–Trinajstić information content (AvgIpc) is 1.91. The summed E-state index contributed by atoms with van der Waals surface area (Å²) >= 11 is 1.76. The topological polar surface area (TPSA) is 12.0 Å². The minimum absolute atomic E-state index is 0.681. The molecule has 0 aromatic heterocycles. The van der Waals surface area contributed by atoms with Crippen molar-refractivity contribution in [1.82, 2.24) is 4.72 Å². The molecule has 0 aromatic carbocycles. The molecule has 0 fully saturated rings. The molecule has 1 atom stereocenters. The molecule has 0 aliphatic carbocycles.